The van der Waals surface area contributed by atoms with E-state index in [1.165, 1.54) is 308 Å². The van der Waals surface area contributed by atoms with Crippen LogP contribution in [-0.2, 0) is 42.9 Å². The predicted octanol–water partition coefficient (Wildman–Crippen LogP) is 25.7. The summed E-state index contributed by atoms with van der Waals surface area (Å²) >= 11 is 0. The van der Waals surface area contributed by atoms with Gasteiger partial charge in [0.1, 0.15) is 0 Å². The summed E-state index contributed by atoms with van der Waals surface area (Å²) in [4.78, 5) is 52.6. The van der Waals surface area contributed by atoms with Crippen LogP contribution < -0.4 is 0 Å². The highest BCUT2D eigenvalue weighted by atomic mass is 16.7. The van der Waals surface area contributed by atoms with E-state index in [0.717, 1.165) is 77.0 Å². The lowest BCUT2D eigenvalue weighted by molar-refractivity contribution is -0.192. The summed E-state index contributed by atoms with van der Waals surface area (Å²) in [6, 6.07) is 0. The highest BCUT2D eigenvalue weighted by molar-refractivity contribution is 5.72. The van der Waals surface area contributed by atoms with Crippen molar-refractivity contribution in [3.05, 3.63) is 0 Å². The van der Waals surface area contributed by atoms with Crippen molar-refractivity contribution in [3.63, 3.8) is 0 Å². The molecule has 0 saturated carbocycles. The Hall–Kier alpha value is -2.16. The van der Waals surface area contributed by atoms with Crippen LogP contribution in [0, 0.1) is 0 Å². The Balaban J connectivity index is 5.10. The summed E-state index contributed by atoms with van der Waals surface area (Å²) in [6.07, 6.45) is 74.9. The zero-order valence-electron chi connectivity index (χ0n) is 58.9. The number of ether oxygens (including phenoxy) is 5. The van der Waals surface area contributed by atoms with Gasteiger partial charge in [0.05, 0.1) is 13.2 Å². The molecule has 0 aliphatic heterocycles. The molecule has 0 saturated heterocycles. The molecule has 0 bridgehead atoms. The number of carbonyl (C=O) groups is 4. The Morgan fingerprint density at radius 3 is 0.460 bits per heavy atom. The van der Waals surface area contributed by atoms with Gasteiger partial charge in [-0.3, -0.25) is 19.2 Å². The molecule has 0 N–H and O–H groups in total. The minimum absolute atomic E-state index is 0.163. The molecular formula is C78H150O9. The maximum absolute atomic E-state index is 13.2. The number of unbranched alkanes of at least 4 members (excludes halogenated alkanes) is 56. The molecule has 0 amide bonds. The Morgan fingerprint density at radius 1 is 0.195 bits per heavy atom. The highest BCUT2D eigenvalue weighted by Crippen LogP contribution is 2.20. The maximum atomic E-state index is 13.2. The molecule has 0 aromatic rings. The van der Waals surface area contributed by atoms with Crippen LogP contribution in [0.15, 0.2) is 0 Å². The van der Waals surface area contributed by atoms with Crippen molar-refractivity contribution in [3.8, 4) is 0 Å². The van der Waals surface area contributed by atoms with Crippen LogP contribution in [-0.4, -0.2) is 49.7 Å². The van der Waals surface area contributed by atoms with Crippen molar-refractivity contribution < 1.29 is 42.9 Å². The third-order valence-corrected chi connectivity index (χ3v) is 18.0. The van der Waals surface area contributed by atoms with Gasteiger partial charge in [-0.25, -0.2) is 0 Å². The first-order valence-electron chi connectivity index (χ1n) is 39.2. The second-order valence-electron chi connectivity index (χ2n) is 26.8. The van der Waals surface area contributed by atoms with Gasteiger partial charge >= 0.3 is 23.9 Å². The quantitative estimate of drug-likeness (QED) is 0.0334. The van der Waals surface area contributed by atoms with Crippen LogP contribution in [0.1, 0.15) is 451 Å². The van der Waals surface area contributed by atoms with Gasteiger partial charge in [-0.15, -0.1) is 0 Å². The van der Waals surface area contributed by atoms with Crippen molar-refractivity contribution >= 4 is 23.9 Å². The van der Waals surface area contributed by atoms with Crippen LogP contribution in [0.25, 0.3) is 0 Å². The van der Waals surface area contributed by atoms with E-state index in [4.69, 9.17) is 23.7 Å². The van der Waals surface area contributed by atoms with E-state index in [1.54, 1.807) is 0 Å². The maximum Gasteiger partial charge on any atom is 0.308 e. The zero-order valence-corrected chi connectivity index (χ0v) is 58.9. The number of hydrogen-bond acceptors (Lipinski definition) is 9. The Bertz CT molecular complexity index is 1210. The van der Waals surface area contributed by atoms with Gasteiger partial charge in [-0.05, 0) is 25.7 Å². The lowest BCUT2D eigenvalue weighted by Gasteiger charge is -2.20. The van der Waals surface area contributed by atoms with Crippen molar-refractivity contribution in [2.45, 2.75) is 464 Å². The SMILES string of the molecule is CCCCCCCCCCCCCCCCCC(=O)OC(CCOCCC(OC(=O)CCCCCCCCCCCCCCCCC)OC(=O)CCCCCCCCCCCCCCCCC)OC(=O)CCCCCCCCCCCCCCCCC. The van der Waals surface area contributed by atoms with Crippen molar-refractivity contribution in [1.29, 1.82) is 0 Å². The molecule has 0 radical (unpaired) electrons. The average Bonchev–Trinajstić information content (AvgIpc) is 3.51. The van der Waals surface area contributed by atoms with Gasteiger partial charge in [-0.2, -0.15) is 0 Å². The summed E-state index contributed by atoms with van der Waals surface area (Å²) < 4.78 is 29.3. The second-order valence-corrected chi connectivity index (χ2v) is 26.8. The summed E-state index contributed by atoms with van der Waals surface area (Å²) in [5, 5.41) is 0. The Kier molecular flexibility index (Phi) is 71.1. The lowest BCUT2D eigenvalue weighted by Crippen LogP contribution is -2.27. The standard InChI is InChI=1S/C78H150O9/c1-5-9-13-17-21-25-29-33-37-41-45-49-53-57-61-65-73(79)84-77(85-74(80)66-62-58-54-50-46-42-38-34-30-26-22-18-14-10-6-2)69-71-83-72-70-78(86-75(81)67-63-59-55-51-47-43-39-35-31-27-23-19-15-11-7-3)87-76(82)68-64-60-56-52-48-44-40-36-32-28-24-20-16-12-8-4/h77-78H,5-72H2,1-4H3. The molecule has 0 spiro atoms. The zero-order chi connectivity index (χ0) is 63.1. The monoisotopic (exact) mass is 1230 g/mol. The van der Waals surface area contributed by atoms with Gasteiger partial charge in [0, 0.05) is 38.5 Å². The third-order valence-electron chi connectivity index (χ3n) is 18.0. The Morgan fingerprint density at radius 2 is 0.322 bits per heavy atom. The molecule has 9 heteroatoms. The molecular weight excluding hydrogens is 1080 g/mol. The van der Waals surface area contributed by atoms with Gasteiger partial charge in [0.2, 0.25) is 12.6 Å². The van der Waals surface area contributed by atoms with Gasteiger partial charge < -0.3 is 23.7 Å². The normalized spacial score (nSPS) is 11.6. The fraction of sp³-hybridized carbons (Fsp3) is 0.949. The largest absolute Gasteiger partial charge is 0.425 e. The predicted molar refractivity (Wildman–Crippen MR) is 370 cm³/mol. The summed E-state index contributed by atoms with van der Waals surface area (Å²) in [5.41, 5.74) is 0. The van der Waals surface area contributed by atoms with Crippen molar-refractivity contribution in [2.75, 3.05) is 13.2 Å². The van der Waals surface area contributed by atoms with Gasteiger partial charge in [0.15, 0.2) is 0 Å². The molecule has 0 aliphatic carbocycles. The third kappa shape index (κ3) is 69.6. The molecule has 0 aromatic heterocycles. The van der Waals surface area contributed by atoms with E-state index in [9.17, 15) is 19.2 Å². The topological polar surface area (TPSA) is 114 Å². The molecule has 0 aliphatic rings. The average molecular weight is 1230 g/mol. The van der Waals surface area contributed by atoms with Crippen LogP contribution in [0.3, 0.4) is 0 Å². The van der Waals surface area contributed by atoms with Crippen LogP contribution >= 0.6 is 0 Å². The molecule has 0 unspecified atom stereocenters. The molecule has 0 atom stereocenters. The first-order chi connectivity index (χ1) is 42.9. The van der Waals surface area contributed by atoms with E-state index < -0.39 is 12.6 Å². The summed E-state index contributed by atoms with van der Waals surface area (Å²) in [7, 11) is 0. The fourth-order valence-electron chi connectivity index (χ4n) is 12.1. The van der Waals surface area contributed by atoms with Crippen LogP contribution in [0.2, 0.25) is 0 Å². The van der Waals surface area contributed by atoms with Crippen molar-refractivity contribution in [2.24, 2.45) is 0 Å². The summed E-state index contributed by atoms with van der Waals surface area (Å²) in [5.74, 6) is -1.40. The first kappa shape index (κ1) is 84.8. The first-order valence-corrected chi connectivity index (χ1v) is 39.2. The van der Waals surface area contributed by atoms with E-state index in [0.29, 0.717) is 25.7 Å². The molecule has 0 fully saturated rings. The summed E-state index contributed by atoms with van der Waals surface area (Å²) in [6.45, 7) is 9.43. The molecule has 87 heavy (non-hydrogen) atoms. The number of rotatable bonds is 74. The number of esters is 4. The molecule has 0 rings (SSSR count). The van der Waals surface area contributed by atoms with Gasteiger partial charge in [0.25, 0.3) is 0 Å². The van der Waals surface area contributed by atoms with E-state index >= 15 is 0 Å². The van der Waals surface area contributed by atoms with Crippen molar-refractivity contribution in [1.82, 2.24) is 0 Å². The highest BCUT2D eigenvalue weighted by Gasteiger charge is 2.22. The molecule has 0 aromatic carbocycles. The molecule has 9 nitrogen and oxygen atoms in total. The van der Waals surface area contributed by atoms with E-state index in [2.05, 4.69) is 27.7 Å². The second kappa shape index (κ2) is 72.9. The Labute approximate surface area is 541 Å². The number of hydrogen-bond donors (Lipinski definition) is 0. The molecule has 0 heterocycles. The smallest absolute Gasteiger partial charge is 0.308 e. The minimum atomic E-state index is -1.03. The van der Waals surface area contributed by atoms with Crippen LogP contribution in [0.4, 0.5) is 0 Å². The fourth-order valence-corrected chi connectivity index (χ4v) is 12.1. The van der Waals surface area contributed by atoms with E-state index in [1.807, 2.05) is 0 Å². The molecule has 516 valence electrons. The number of carbonyl (C=O) groups excluding carboxylic acids is 4. The minimum Gasteiger partial charge on any atom is -0.425 e. The van der Waals surface area contributed by atoms with Gasteiger partial charge in [-0.1, -0.05) is 387 Å². The van der Waals surface area contributed by atoms with E-state index in [-0.39, 0.29) is 49.9 Å². The lowest BCUT2D eigenvalue weighted by atomic mass is 10.0. The van der Waals surface area contributed by atoms with Crippen LogP contribution in [0.5, 0.6) is 0 Å².